The Morgan fingerprint density at radius 1 is 1.00 bits per heavy atom. The van der Waals surface area contributed by atoms with Crippen LogP contribution in [0, 0.1) is 24.1 Å². The molecular formula is C38H45FN4O2. The molecule has 0 unspecified atom stereocenters. The number of halogens is 1. The van der Waals surface area contributed by atoms with Crippen LogP contribution >= 0.6 is 0 Å². The van der Waals surface area contributed by atoms with Gasteiger partial charge in [-0.25, -0.2) is 4.39 Å². The van der Waals surface area contributed by atoms with Gasteiger partial charge in [-0.2, -0.15) is 0 Å². The molecule has 236 valence electrons. The first-order chi connectivity index (χ1) is 21.8. The number of piperidine rings is 1. The zero-order valence-electron chi connectivity index (χ0n) is 26.8. The summed E-state index contributed by atoms with van der Waals surface area (Å²) < 4.78 is 19.5. The summed E-state index contributed by atoms with van der Waals surface area (Å²) in [7, 11) is 0. The van der Waals surface area contributed by atoms with Gasteiger partial charge in [0.15, 0.2) is 0 Å². The highest BCUT2D eigenvalue weighted by Gasteiger charge is 2.29. The molecule has 3 aromatic rings. The van der Waals surface area contributed by atoms with Crippen molar-refractivity contribution in [2.75, 3.05) is 57.4 Å². The normalized spacial score (nSPS) is 16.4. The minimum atomic E-state index is -0.376. The van der Waals surface area contributed by atoms with Crippen LogP contribution in [0.2, 0.25) is 0 Å². The summed E-state index contributed by atoms with van der Waals surface area (Å²) in [5.74, 6) is -0.0945. The van der Waals surface area contributed by atoms with Crippen molar-refractivity contribution in [3.05, 3.63) is 119 Å². The average Bonchev–Trinajstić information content (AvgIpc) is 3.08. The van der Waals surface area contributed by atoms with Crippen molar-refractivity contribution in [3.63, 3.8) is 0 Å². The highest BCUT2D eigenvalue weighted by atomic mass is 19.1. The summed E-state index contributed by atoms with van der Waals surface area (Å²) in [5.41, 5.74) is 7.35. The van der Waals surface area contributed by atoms with Crippen LogP contribution in [0.25, 0.3) is 5.57 Å². The number of hydrogen-bond donors (Lipinski definition) is 1. The van der Waals surface area contributed by atoms with E-state index in [0.29, 0.717) is 29.8 Å². The van der Waals surface area contributed by atoms with Crippen molar-refractivity contribution in [2.24, 2.45) is 5.92 Å². The van der Waals surface area contributed by atoms with E-state index in [-0.39, 0.29) is 23.4 Å². The summed E-state index contributed by atoms with van der Waals surface area (Å²) >= 11 is 0. The zero-order chi connectivity index (χ0) is 31.9. The summed E-state index contributed by atoms with van der Waals surface area (Å²) in [6.45, 7) is 17.3. The smallest absolute Gasteiger partial charge is 0.253 e. The van der Waals surface area contributed by atoms with E-state index in [1.807, 2.05) is 37.0 Å². The van der Waals surface area contributed by atoms with Gasteiger partial charge in [0.2, 0.25) is 0 Å². The van der Waals surface area contributed by atoms with Crippen molar-refractivity contribution < 1.29 is 13.9 Å². The number of allylic oxidation sites excluding steroid dienone is 3. The maximum absolute atomic E-state index is 13.9. The third-order valence-corrected chi connectivity index (χ3v) is 9.26. The van der Waals surface area contributed by atoms with Crippen LogP contribution in [0.5, 0.6) is 0 Å². The van der Waals surface area contributed by atoms with Crippen molar-refractivity contribution in [3.8, 4) is 0 Å². The van der Waals surface area contributed by atoms with Gasteiger partial charge in [-0.3, -0.25) is 15.1 Å². The van der Waals surface area contributed by atoms with Crippen molar-refractivity contribution >= 4 is 22.9 Å². The lowest BCUT2D eigenvalue weighted by atomic mass is 9.90. The van der Waals surface area contributed by atoms with Gasteiger partial charge in [0.25, 0.3) is 5.91 Å². The molecule has 0 bridgehead atoms. The SMILES string of the molecule is C=C(C1CCN(C(=O)c2ccc(C(=N)c3cccc(F)c3)c(/C(C)=C/C)c2)CC1)N(CCN1CCOCC1)c1ccccc1C. The quantitative estimate of drug-likeness (QED) is 0.248. The number of carbonyl (C=O) groups excluding carboxylic acids is 1. The number of likely N-dealkylation sites (tertiary alicyclic amines) is 1. The van der Waals surface area contributed by atoms with E-state index in [4.69, 9.17) is 10.1 Å². The lowest BCUT2D eigenvalue weighted by Crippen LogP contribution is -2.44. The minimum absolute atomic E-state index is 0.00358. The first-order valence-electron chi connectivity index (χ1n) is 16.0. The molecule has 1 N–H and O–H groups in total. The number of anilines is 1. The first kappa shape index (κ1) is 32.3. The summed E-state index contributed by atoms with van der Waals surface area (Å²) in [6, 6.07) is 20.1. The number of hydrogen-bond acceptors (Lipinski definition) is 5. The lowest BCUT2D eigenvalue weighted by molar-refractivity contribution is 0.0392. The van der Waals surface area contributed by atoms with Gasteiger partial charge in [0, 0.05) is 73.3 Å². The van der Waals surface area contributed by atoms with Gasteiger partial charge in [-0.15, -0.1) is 0 Å². The Hall–Kier alpha value is -4.07. The molecule has 0 radical (unpaired) electrons. The van der Waals surface area contributed by atoms with E-state index in [1.165, 1.54) is 23.4 Å². The van der Waals surface area contributed by atoms with Gasteiger partial charge >= 0.3 is 0 Å². The predicted molar refractivity (Wildman–Crippen MR) is 182 cm³/mol. The van der Waals surface area contributed by atoms with E-state index in [9.17, 15) is 9.18 Å². The predicted octanol–water partition coefficient (Wildman–Crippen LogP) is 7.18. The van der Waals surface area contributed by atoms with Crippen LogP contribution < -0.4 is 4.90 Å². The number of nitrogens with one attached hydrogen (secondary N) is 1. The molecule has 2 fully saturated rings. The van der Waals surface area contributed by atoms with Gasteiger partial charge in [-0.05, 0) is 80.6 Å². The second kappa shape index (κ2) is 14.8. The largest absolute Gasteiger partial charge is 0.379 e. The molecule has 0 spiro atoms. The third kappa shape index (κ3) is 7.60. The maximum atomic E-state index is 13.9. The number of rotatable bonds is 10. The van der Waals surface area contributed by atoms with Crippen LogP contribution in [-0.2, 0) is 4.74 Å². The van der Waals surface area contributed by atoms with Crippen LogP contribution in [0.15, 0.2) is 85.1 Å². The number of morpholine rings is 1. The molecule has 2 heterocycles. The van der Waals surface area contributed by atoms with Crippen LogP contribution in [-0.4, -0.2) is 73.9 Å². The third-order valence-electron chi connectivity index (χ3n) is 9.26. The molecular weight excluding hydrogens is 563 g/mol. The van der Waals surface area contributed by atoms with Gasteiger partial charge in [0.1, 0.15) is 5.82 Å². The van der Waals surface area contributed by atoms with E-state index in [0.717, 1.165) is 69.1 Å². The van der Waals surface area contributed by atoms with Crippen LogP contribution in [0.1, 0.15) is 59.3 Å². The van der Waals surface area contributed by atoms with Gasteiger partial charge in [-0.1, -0.05) is 49.1 Å². The fraction of sp³-hybridized carbons (Fsp3) is 0.368. The molecule has 5 rings (SSSR count). The van der Waals surface area contributed by atoms with Gasteiger partial charge in [0.05, 0.1) is 18.9 Å². The Balaban J connectivity index is 1.29. The number of carbonyl (C=O) groups is 1. The standard InChI is InChI=1S/C38H45FN4O2/c1-5-27(2)35-26-32(13-14-34(35)37(40)31-10-8-11-33(39)25-31)38(44)42-17-15-30(16-18-42)29(4)43(36-12-7-6-9-28(36)3)20-19-41-21-23-45-24-22-41/h5-14,25-26,30,40H,4,15-24H2,1-3H3/b27-5+,40-37?. The number of amides is 1. The maximum Gasteiger partial charge on any atom is 0.253 e. The fourth-order valence-corrected chi connectivity index (χ4v) is 6.35. The second-order valence-corrected chi connectivity index (χ2v) is 12.1. The van der Waals surface area contributed by atoms with Crippen LogP contribution in [0.3, 0.4) is 0 Å². The Morgan fingerprint density at radius 3 is 2.42 bits per heavy atom. The number of nitrogens with zero attached hydrogens (tertiary/aromatic N) is 3. The molecule has 2 aliphatic rings. The lowest BCUT2D eigenvalue weighted by Gasteiger charge is -2.39. The van der Waals surface area contributed by atoms with Gasteiger partial charge < -0.3 is 14.5 Å². The molecule has 6 nitrogen and oxygen atoms in total. The Kier molecular flexibility index (Phi) is 10.6. The highest BCUT2D eigenvalue weighted by Crippen LogP contribution is 2.32. The Bertz CT molecular complexity index is 1570. The average molecular weight is 609 g/mol. The molecule has 1 amide bonds. The van der Waals surface area contributed by atoms with E-state index >= 15 is 0 Å². The molecule has 7 heteroatoms. The molecule has 45 heavy (non-hydrogen) atoms. The highest BCUT2D eigenvalue weighted by molar-refractivity contribution is 6.14. The van der Waals surface area contributed by atoms with Crippen molar-refractivity contribution in [2.45, 2.75) is 33.6 Å². The van der Waals surface area contributed by atoms with Crippen molar-refractivity contribution in [1.82, 2.24) is 9.80 Å². The summed E-state index contributed by atoms with van der Waals surface area (Å²) in [4.78, 5) is 20.6. The summed E-state index contributed by atoms with van der Waals surface area (Å²) in [6.07, 6.45) is 3.68. The number of para-hydroxylation sites is 1. The first-order valence-corrected chi connectivity index (χ1v) is 16.0. The minimum Gasteiger partial charge on any atom is -0.379 e. The molecule has 0 aromatic heterocycles. The molecule has 0 aliphatic carbocycles. The van der Waals surface area contributed by atoms with Crippen molar-refractivity contribution in [1.29, 1.82) is 5.41 Å². The molecule has 2 saturated heterocycles. The monoisotopic (exact) mass is 608 g/mol. The van der Waals surface area contributed by atoms with E-state index < -0.39 is 0 Å². The Labute approximate surface area is 267 Å². The molecule has 2 aliphatic heterocycles. The Morgan fingerprint density at radius 2 is 1.73 bits per heavy atom. The van der Waals surface area contributed by atoms with E-state index in [2.05, 4.69) is 47.6 Å². The van der Waals surface area contributed by atoms with E-state index in [1.54, 1.807) is 18.2 Å². The second-order valence-electron chi connectivity index (χ2n) is 12.1. The molecule has 0 saturated carbocycles. The molecule has 0 atom stereocenters. The molecule has 3 aromatic carbocycles. The topological polar surface area (TPSA) is 59.9 Å². The number of aryl methyl sites for hydroxylation is 1. The number of benzene rings is 3. The fourth-order valence-electron chi connectivity index (χ4n) is 6.35. The zero-order valence-corrected chi connectivity index (χ0v) is 26.8. The summed E-state index contributed by atoms with van der Waals surface area (Å²) in [5, 5.41) is 8.80. The number of ether oxygens (including phenoxy) is 1. The van der Waals surface area contributed by atoms with Crippen LogP contribution in [0.4, 0.5) is 10.1 Å².